The molecule has 5 nitrogen and oxygen atoms in total. The Labute approximate surface area is 160 Å². The molecule has 1 aromatic heterocycles. The molecule has 2 amide bonds. The molecule has 0 spiro atoms. The zero-order valence-electron chi connectivity index (χ0n) is 15.7. The predicted octanol–water partition coefficient (Wildman–Crippen LogP) is 3.66. The van der Waals surface area contributed by atoms with Crippen LogP contribution in [0.1, 0.15) is 64.3 Å². The highest BCUT2D eigenvalue weighted by Gasteiger charge is 2.26. The van der Waals surface area contributed by atoms with Crippen molar-refractivity contribution in [3.8, 4) is 0 Å². The van der Waals surface area contributed by atoms with Crippen molar-refractivity contribution in [2.45, 2.75) is 38.0 Å². The summed E-state index contributed by atoms with van der Waals surface area (Å²) >= 11 is 0. The maximum Gasteiger partial charge on any atom is 0.255 e. The van der Waals surface area contributed by atoms with Gasteiger partial charge in [0, 0.05) is 44.1 Å². The molecule has 2 aromatic rings. The van der Waals surface area contributed by atoms with Gasteiger partial charge >= 0.3 is 0 Å². The van der Waals surface area contributed by atoms with E-state index in [1.54, 1.807) is 18.5 Å². The fraction of sp³-hybridized carbons (Fsp3) is 0.455. The fourth-order valence-electron chi connectivity index (χ4n) is 4.27. The molecule has 0 atom stereocenters. The second kappa shape index (κ2) is 7.99. The van der Waals surface area contributed by atoms with E-state index < -0.39 is 0 Å². The summed E-state index contributed by atoms with van der Waals surface area (Å²) in [4.78, 5) is 31.8. The summed E-state index contributed by atoms with van der Waals surface area (Å²) in [5, 5.41) is 0. The van der Waals surface area contributed by atoms with Gasteiger partial charge in [0.1, 0.15) is 0 Å². The molecule has 0 unspecified atom stereocenters. The van der Waals surface area contributed by atoms with Crippen molar-refractivity contribution in [1.82, 2.24) is 14.8 Å². The number of aromatic nitrogens is 1. The third-order valence-electron chi connectivity index (χ3n) is 5.93. The van der Waals surface area contributed by atoms with Crippen molar-refractivity contribution in [2.24, 2.45) is 0 Å². The Morgan fingerprint density at radius 2 is 1.37 bits per heavy atom. The van der Waals surface area contributed by atoms with Gasteiger partial charge in [0.25, 0.3) is 11.8 Å². The van der Waals surface area contributed by atoms with E-state index in [9.17, 15) is 9.59 Å². The molecule has 2 heterocycles. The van der Waals surface area contributed by atoms with Crippen LogP contribution in [-0.4, -0.2) is 52.8 Å². The number of rotatable bonds is 3. The summed E-state index contributed by atoms with van der Waals surface area (Å²) in [6, 6.07) is 10.0. The lowest BCUT2D eigenvalue weighted by molar-refractivity contribution is 0.0535. The van der Waals surface area contributed by atoms with Crippen molar-refractivity contribution < 1.29 is 9.59 Å². The molecular formula is C22H27N3O2. The standard InChI is InChI=1S/C22H27N3O2/c26-21(19-8-6-18(7-9-19)17-4-2-1-3-5-17)24-12-14-25(15-13-24)22(27)20-10-11-23-16-20/h6-11,16-17,23H,1-5,12-15H2. The van der Waals surface area contributed by atoms with Gasteiger partial charge < -0.3 is 14.8 Å². The molecule has 2 aliphatic rings. The van der Waals surface area contributed by atoms with Gasteiger partial charge in [-0.25, -0.2) is 0 Å². The van der Waals surface area contributed by atoms with Crippen LogP contribution in [0.3, 0.4) is 0 Å². The van der Waals surface area contributed by atoms with E-state index in [0.717, 1.165) is 5.56 Å². The van der Waals surface area contributed by atoms with Gasteiger partial charge in [-0.15, -0.1) is 0 Å². The number of hydrogen-bond donors (Lipinski definition) is 1. The Bertz CT molecular complexity index is 768. The van der Waals surface area contributed by atoms with E-state index in [4.69, 9.17) is 0 Å². The van der Waals surface area contributed by atoms with Crippen molar-refractivity contribution in [1.29, 1.82) is 0 Å². The maximum absolute atomic E-state index is 12.8. The molecule has 1 aromatic carbocycles. The first-order valence-electron chi connectivity index (χ1n) is 10.0. The third-order valence-corrected chi connectivity index (χ3v) is 5.93. The number of H-pyrrole nitrogens is 1. The summed E-state index contributed by atoms with van der Waals surface area (Å²) in [5.41, 5.74) is 2.79. The van der Waals surface area contributed by atoms with Crippen molar-refractivity contribution in [3.05, 3.63) is 59.4 Å². The number of piperazine rings is 1. The second-order valence-corrected chi connectivity index (χ2v) is 7.64. The number of amides is 2. The van der Waals surface area contributed by atoms with E-state index in [0.29, 0.717) is 37.7 Å². The summed E-state index contributed by atoms with van der Waals surface area (Å²) in [5.74, 6) is 0.755. The quantitative estimate of drug-likeness (QED) is 0.902. The highest BCUT2D eigenvalue weighted by molar-refractivity contribution is 5.95. The van der Waals surface area contributed by atoms with E-state index >= 15 is 0 Å². The molecule has 5 heteroatoms. The molecule has 27 heavy (non-hydrogen) atoms. The summed E-state index contributed by atoms with van der Waals surface area (Å²) in [6.07, 6.45) is 9.99. The van der Waals surface area contributed by atoms with Gasteiger partial charge in [-0.2, -0.15) is 0 Å². The first kappa shape index (κ1) is 17.8. The highest BCUT2D eigenvalue weighted by Crippen LogP contribution is 2.32. The number of nitrogens with one attached hydrogen (secondary N) is 1. The lowest BCUT2D eigenvalue weighted by Crippen LogP contribution is -2.50. The molecule has 1 N–H and O–H groups in total. The van der Waals surface area contributed by atoms with Crippen LogP contribution in [0.25, 0.3) is 0 Å². The Hall–Kier alpha value is -2.56. The Morgan fingerprint density at radius 1 is 0.778 bits per heavy atom. The normalized spacial score (nSPS) is 18.5. The summed E-state index contributed by atoms with van der Waals surface area (Å²) < 4.78 is 0. The topological polar surface area (TPSA) is 56.4 Å². The molecule has 0 bridgehead atoms. The summed E-state index contributed by atoms with van der Waals surface area (Å²) in [7, 11) is 0. The smallest absolute Gasteiger partial charge is 0.255 e. The van der Waals surface area contributed by atoms with Crippen LogP contribution in [-0.2, 0) is 0 Å². The second-order valence-electron chi connectivity index (χ2n) is 7.64. The van der Waals surface area contributed by atoms with Crippen LogP contribution in [0.5, 0.6) is 0 Å². The van der Waals surface area contributed by atoms with Crippen LogP contribution in [0.4, 0.5) is 0 Å². The maximum atomic E-state index is 12.8. The van der Waals surface area contributed by atoms with E-state index in [1.807, 2.05) is 21.9 Å². The Balaban J connectivity index is 1.34. The molecule has 1 aliphatic carbocycles. The van der Waals surface area contributed by atoms with Crippen LogP contribution in [0, 0.1) is 0 Å². The molecule has 1 aliphatic heterocycles. The zero-order valence-corrected chi connectivity index (χ0v) is 15.7. The van der Waals surface area contributed by atoms with Gasteiger partial charge in [0.15, 0.2) is 0 Å². The van der Waals surface area contributed by atoms with Crippen molar-refractivity contribution in [3.63, 3.8) is 0 Å². The number of benzene rings is 1. The molecule has 1 saturated carbocycles. The molecule has 4 rings (SSSR count). The van der Waals surface area contributed by atoms with Gasteiger partial charge in [-0.1, -0.05) is 31.4 Å². The molecular weight excluding hydrogens is 338 g/mol. The van der Waals surface area contributed by atoms with Gasteiger partial charge in [0.05, 0.1) is 5.56 Å². The van der Waals surface area contributed by atoms with Crippen LogP contribution < -0.4 is 0 Å². The number of nitrogens with zero attached hydrogens (tertiary/aromatic N) is 2. The minimum atomic E-state index is 0.0279. The summed E-state index contributed by atoms with van der Waals surface area (Å²) in [6.45, 7) is 2.32. The van der Waals surface area contributed by atoms with Crippen molar-refractivity contribution in [2.75, 3.05) is 26.2 Å². The van der Waals surface area contributed by atoms with E-state index in [1.165, 1.54) is 37.7 Å². The first-order valence-corrected chi connectivity index (χ1v) is 10.0. The van der Waals surface area contributed by atoms with Crippen molar-refractivity contribution >= 4 is 11.8 Å². The largest absolute Gasteiger partial charge is 0.367 e. The average Bonchev–Trinajstić information content (AvgIpc) is 3.28. The third kappa shape index (κ3) is 3.92. The van der Waals surface area contributed by atoms with Gasteiger partial charge in [-0.3, -0.25) is 9.59 Å². The Kier molecular flexibility index (Phi) is 5.28. The Morgan fingerprint density at radius 3 is 1.93 bits per heavy atom. The molecule has 0 radical (unpaired) electrons. The number of carbonyl (C=O) groups is 2. The monoisotopic (exact) mass is 365 g/mol. The SMILES string of the molecule is O=C(c1ccc(C2CCCCC2)cc1)N1CCN(C(=O)c2cc[nH]c2)CC1. The molecule has 1 saturated heterocycles. The number of aromatic amines is 1. The number of hydrogen-bond acceptors (Lipinski definition) is 2. The van der Waals surface area contributed by atoms with Crippen LogP contribution in [0.2, 0.25) is 0 Å². The lowest BCUT2D eigenvalue weighted by atomic mass is 9.84. The fourth-order valence-corrected chi connectivity index (χ4v) is 4.27. The van der Waals surface area contributed by atoms with Gasteiger partial charge in [-0.05, 0) is 42.5 Å². The minimum Gasteiger partial charge on any atom is -0.367 e. The first-order chi connectivity index (χ1) is 13.2. The van der Waals surface area contributed by atoms with Crippen LogP contribution >= 0.6 is 0 Å². The van der Waals surface area contributed by atoms with E-state index in [2.05, 4.69) is 17.1 Å². The highest BCUT2D eigenvalue weighted by atomic mass is 16.2. The zero-order chi connectivity index (χ0) is 18.6. The number of carbonyl (C=O) groups excluding carboxylic acids is 2. The van der Waals surface area contributed by atoms with E-state index in [-0.39, 0.29) is 11.8 Å². The predicted molar refractivity (Wildman–Crippen MR) is 105 cm³/mol. The lowest BCUT2D eigenvalue weighted by Gasteiger charge is -2.34. The van der Waals surface area contributed by atoms with Crippen LogP contribution in [0.15, 0.2) is 42.7 Å². The average molecular weight is 365 g/mol. The van der Waals surface area contributed by atoms with Gasteiger partial charge in [0.2, 0.25) is 0 Å². The molecule has 2 fully saturated rings. The molecule has 142 valence electrons. The minimum absolute atomic E-state index is 0.0279.